The summed E-state index contributed by atoms with van der Waals surface area (Å²) in [5.41, 5.74) is 11.2. The summed E-state index contributed by atoms with van der Waals surface area (Å²) in [7, 11) is 0. The van der Waals surface area contributed by atoms with Crippen molar-refractivity contribution < 1.29 is 4.42 Å². The van der Waals surface area contributed by atoms with Crippen LogP contribution >= 0.6 is 11.3 Å². The topological polar surface area (TPSA) is 51.8 Å². The monoisotopic (exact) mass is 733 g/mol. The number of thiophene rings is 1. The molecular formula is C51H31N3OS. The second kappa shape index (κ2) is 13.3. The molecule has 0 N–H and O–H groups in total. The van der Waals surface area contributed by atoms with Crippen LogP contribution in [-0.4, -0.2) is 15.0 Å². The zero-order chi connectivity index (χ0) is 37.0. The number of para-hydroxylation sites is 1. The molecule has 0 aliphatic heterocycles. The molecule has 0 bridgehead atoms. The highest BCUT2D eigenvalue weighted by molar-refractivity contribution is 7.26. The normalized spacial score (nSPS) is 11.6. The molecule has 0 amide bonds. The molecule has 0 saturated carbocycles. The highest BCUT2D eigenvalue weighted by Crippen LogP contribution is 2.47. The number of rotatable bonds is 6. The van der Waals surface area contributed by atoms with E-state index in [1.807, 2.05) is 59.9 Å². The van der Waals surface area contributed by atoms with Crippen molar-refractivity contribution in [2.24, 2.45) is 0 Å². The van der Waals surface area contributed by atoms with E-state index in [0.29, 0.717) is 17.5 Å². The molecule has 11 aromatic rings. The number of hydrogen-bond acceptors (Lipinski definition) is 5. The Balaban J connectivity index is 1.13. The van der Waals surface area contributed by atoms with E-state index >= 15 is 0 Å². The quantitative estimate of drug-likeness (QED) is 0.171. The first-order valence-corrected chi connectivity index (χ1v) is 19.5. The van der Waals surface area contributed by atoms with Gasteiger partial charge in [0.1, 0.15) is 11.2 Å². The fraction of sp³-hybridized carbons (Fsp3) is 0. The van der Waals surface area contributed by atoms with E-state index in [4.69, 9.17) is 19.4 Å². The van der Waals surface area contributed by atoms with Crippen LogP contribution in [0.5, 0.6) is 0 Å². The Kier molecular flexibility index (Phi) is 7.64. The van der Waals surface area contributed by atoms with Crippen molar-refractivity contribution in [1.29, 1.82) is 0 Å². The fourth-order valence-corrected chi connectivity index (χ4v) is 9.22. The molecule has 0 saturated heterocycles. The molecule has 5 heteroatoms. The first-order valence-electron chi connectivity index (χ1n) is 18.7. The minimum absolute atomic E-state index is 0.594. The van der Waals surface area contributed by atoms with Gasteiger partial charge in [-0.3, -0.25) is 0 Å². The van der Waals surface area contributed by atoms with Crippen LogP contribution in [0.3, 0.4) is 0 Å². The average Bonchev–Trinajstić information content (AvgIpc) is 3.86. The Morgan fingerprint density at radius 2 is 0.929 bits per heavy atom. The molecule has 56 heavy (non-hydrogen) atoms. The molecule has 11 rings (SSSR count). The maximum atomic E-state index is 6.88. The van der Waals surface area contributed by atoms with Crippen LogP contribution in [0.15, 0.2) is 192 Å². The van der Waals surface area contributed by atoms with Gasteiger partial charge in [0.05, 0.1) is 0 Å². The van der Waals surface area contributed by atoms with Gasteiger partial charge in [-0.05, 0) is 46.0 Å². The van der Waals surface area contributed by atoms with Gasteiger partial charge < -0.3 is 4.42 Å². The standard InChI is InChI=1S/C51H31N3OS/c1-4-15-32(16-5-1)35-21-12-22-36(31-35)50-52-49(34-19-8-3-9-20-34)53-51(54-50)42-26-14-27-43-45(42)41-25-13-24-39(47(41)55-43)38-30-29-37(33-17-6-2-7-18-33)48-46(38)40-23-10-11-28-44(40)56-48/h1-31H. The number of furan rings is 1. The zero-order valence-electron chi connectivity index (χ0n) is 30.1. The zero-order valence-corrected chi connectivity index (χ0v) is 30.9. The molecule has 0 aliphatic rings. The first-order chi connectivity index (χ1) is 27.8. The summed E-state index contributed by atoms with van der Waals surface area (Å²) in [5, 5.41) is 4.48. The Morgan fingerprint density at radius 3 is 1.73 bits per heavy atom. The maximum Gasteiger partial charge on any atom is 0.164 e. The van der Waals surface area contributed by atoms with Crippen LogP contribution < -0.4 is 0 Å². The van der Waals surface area contributed by atoms with Gasteiger partial charge in [-0.1, -0.05) is 170 Å². The highest BCUT2D eigenvalue weighted by atomic mass is 32.1. The van der Waals surface area contributed by atoms with Gasteiger partial charge in [0, 0.05) is 53.2 Å². The maximum absolute atomic E-state index is 6.88. The molecule has 0 spiro atoms. The van der Waals surface area contributed by atoms with Crippen molar-refractivity contribution in [3.8, 4) is 67.5 Å². The molecule has 0 aliphatic carbocycles. The van der Waals surface area contributed by atoms with Crippen molar-refractivity contribution in [2.75, 3.05) is 0 Å². The second-order valence-electron chi connectivity index (χ2n) is 13.9. The van der Waals surface area contributed by atoms with Gasteiger partial charge in [-0.25, -0.2) is 15.0 Å². The van der Waals surface area contributed by atoms with Gasteiger partial charge in [0.25, 0.3) is 0 Å². The van der Waals surface area contributed by atoms with E-state index in [1.165, 1.54) is 31.3 Å². The lowest BCUT2D eigenvalue weighted by atomic mass is 9.93. The molecule has 0 fully saturated rings. The smallest absolute Gasteiger partial charge is 0.164 e. The fourth-order valence-electron chi connectivity index (χ4n) is 7.95. The Hall–Kier alpha value is -7.21. The number of fused-ring (bicyclic) bond motifs is 6. The predicted molar refractivity (Wildman–Crippen MR) is 233 cm³/mol. The average molecular weight is 734 g/mol. The number of aromatic nitrogens is 3. The molecule has 8 aromatic carbocycles. The molecule has 262 valence electrons. The minimum atomic E-state index is 0.594. The Bertz CT molecular complexity index is 3240. The van der Waals surface area contributed by atoms with Gasteiger partial charge in [-0.15, -0.1) is 11.3 Å². The second-order valence-corrected chi connectivity index (χ2v) is 15.0. The van der Waals surface area contributed by atoms with Gasteiger partial charge in [0.15, 0.2) is 17.5 Å². The van der Waals surface area contributed by atoms with Crippen molar-refractivity contribution in [3.63, 3.8) is 0 Å². The third-order valence-electron chi connectivity index (χ3n) is 10.6. The lowest BCUT2D eigenvalue weighted by molar-refractivity contribution is 0.670. The molecule has 0 atom stereocenters. The van der Waals surface area contributed by atoms with E-state index in [-0.39, 0.29) is 0 Å². The third kappa shape index (κ3) is 5.40. The van der Waals surface area contributed by atoms with Gasteiger partial charge >= 0.3 is 0 Å². The Morgan fingerprint density at radius 1 is 0.357 bits per heavy atom. The van der Waals surface area contributed by atoms with E-state index in [0.717, 1.165) is 60.9 Å². The predicted octanol–water partition coefficient (Wildman–Crippen LogP) is 14.1. The highest BCUT2D eigenvalue weighted by Gasteiger charge is 2.22. The SMILES string of the molecule is c1ccc(-c2cccc(-c3nc(-c4ccccc4)nc(-c4cccc5oc6c(-c7ccc(-c8ccccc8)c8sc9ccccc9c78)cccc6c45)n3)c2)cc1. The van der Waals surface area contributed by atoms with Crippen molar-refractivity contribution in [2.45, 2.75) is 0 Å². The number of nitrogens with zero attached hydrogens (tertiary/aromatic N) is 3. The van der Waals surface area contributed by atoms with Crippen LogP contribution in [0.2, 0.25) is 0 Å². The lowest BCUT2D eigenvalue weighted by Gasteiger charge is -2.11. The van der Waals surface area contributed by atoms with E-state index in [9.17, 15) is 0 Å². The van der Waals surface area contributed by atoms with Crippen molar-refractivity contribution in [1.82, 2.24) is 15.0 Å². The third-order valence-corrected chi connectivity index (χ3v) is 11.8. The van der Waals surface area contributed by atoms with E-state index < -0.39 is 0 Å². The number of hydrogen-bond donors (Lipinski definition) is 0. The lowest BCUT2D eigenvalue weighted by Crippen LogP contribution is -2.00. The summed E-state index contributed by atoms with van der Waals surface area (Å²) in [4.78, 5) is 15.4. The number of benzene rings is 8. The Labute approximate surface area is 327 Å². The summed E-state index contributed by atoms with van der Waals surface area (Å²) in [6.45, 7) is 0. The summed E-state index contributed by atoms with van der Waals surface area (Å²) < 4.78 is 9.41. The summed E-state index contributed by atoms with van der Waals surface area (Å²) >= 11 is 1.85. The van der Waals surface area contributed by atoms with Crippen LogP contribution in [-0.2, 0) is 0 Å². The van der Waals surface area contributed by atoms with E-state index in [1.54, 1.807) is 0 Å². The van der Waals surface area contributed by atoms with Gasteiger partial charge in [0.2, 0.25) is 0 Å². The van der Waals surface area contributed by atoms with Crippen LogP contribution in [0.1, 0.15) is 0 Å². The first kappa shape index (κ1) is 32.2. The summed E-state index contributed by atoms with van der Waals surface area (Å²) in [6.07, 6.45) is 0. The van der Waals surface area contributed by atoms with Crippen molar-refractivity contribution >= 4 is 53.4 Å². The molecule has 0 radical (unpaired) electrons. The van der Waals surface area contributed by atoms with Gasteiger partial charge in [-0.2, -0.15) is 0 Å². The molecular weight excluding hydrogens is 703 g/mol. The summed E-state index contributed by atoms with van der Waals surface area (Å²) in [6, 6.07) is 65.5. The van der Waals surface area contributed by atoms with Crippen molar-refractivity contribution in [3.05, 3.63) is 188 Å². The molecule has 0 unspecified atom stereocenters. The van der Waals surface area contributed by atoms with Crippen LogP contribution in [0.4, 0.5) is 0 Å². The van der Waals surface area contributed by atoms with Crippen LogP contribution in [0, 0.1) is 0 Å². The molecule has 3 heterocycles. The van der Waals surface area contributed by atoms with Crippen LogP contribution in [0.25, 0.3) is 110 Å². The molecule has 3 aromatic heterocycles. The molecule has 4 nitrogen and oxygen atoms in total. The minimum Gasteiger partial charge on any atom is -0.455 e. The summed E-state index contributed by atoms with van der Waals surface area (Å²) in [5.74, 6) is 1.82. The van der Waals surface area contributed by atoms with E-state index in [2.05, 4.69) is 140 Å². The largest absolute Gasteiger partial charge is 0.455 e.